The van der Waals surface area contributed by atoms with Gasteiger partial charge in [0.15, 0.2) is 0 Å². The number of likely N-dealkylation sites (tertiary alicyclic amines) is 1. The number of carbonyl (C=O) groups is 2. The van der Waals surface area contributed by atoms with Crippen molar-refractivity contribution < 1.29 is 14.7 Å². The molecular formula is C17H18N2O3S. The second-order valence-corrected chi connectivity index (χ2v) is 6.98. The fourth-order valence-corrected chi connectivity index (χ4v) is 3.54. The van der Waals surface area contributed by atoms with Crippen LogP contribution >= 0.6 is 11.3 Å². The van der Waals surface area contributed by atoms with Crippen molar-refractivity contribution in [3.05, 3.63) is 41.4 Å². The molecule has 1 amide bonds. The molecule has 0 radical (unpaired) electrons. The molecule has 1 aromatic heterocycles. The molecule has 0 spiro atoms. The first-order valence-corrected chi connectivity index (χ1v) is 8.37. The summed E-state index contributed by atoms with van der Waals surface area (Å²) in [7, 11) is 0. The molecule has 23 heavy (non-hydrogen) atoms. The fraction of sp³-hybridized carbons (Fsp3) is 0.353. The van der Waals surface area contributed by atoms with E-state index in [4.69, 9.17) is 0 Å². The predicted octanol–water partition coefficient (Wildman–Crippen LogP) is 2.68. The highest BCUT2D eigenvalue weighted by Crippen LogP contribution is 2.30. The minimum Gasteiger partial charge on any atom is -0.481 e. The minimum atomic E-state index is -0.840. The summed E-state index contributed by atoms with van der Waals surface area (Å²) in [6.45, 7) is 2.47. The molecule has 1 aliphatic rings. The molecule has 3 rings (SSSR count). The zero-order valence-electron chi connectivity index (χ0n) is 12.9. The maximum atomic E-state index is 12.4. The van der Waals surface area contributed by atoms with Crippen LogP contribution in [0.15, 0.2) is 35.7 Å². The molecule has 1 aromatic carbocycles. The van der Waals surface area contributed by atoms with Crippen molar-refractivity contribution in [2.75, 3.05) is 13.1 Å². The van der Waals surface area contributed by atoms with E-state index in [1.807, 2.05) is 35.7 Å². The zero-order chi connectivity index (χ0) is 16.4. The summed E-state index contributed by atoms with van der Waals surface area (Å²) in [4.78, 5) is 29.8. The second kappa shape index (κ2) is 6.12. The molecular weight excluding hydrogens is 312 g/mol. The van der Waals surface area contributed by atoms with E-state index in [9.17, 15) is 14.7 Å². The third-order valence-corrected chi connectivity index (χ3v) is 5.19. The highest BCUT2D eigenvalue weighted by Gasteiger charge is 2.42. The van der Waals surface area contributed by atoms with Gasteiger partial charge in [-0.3, -0.25) is 9.59 Å². The molecule has 2 aromatic rings. The topological polar surface area (TPSA) is 70.5 Å². The second-order valence-electron chi connectivity index (χ2n) is 6.12. The van der Waals surface area contributed by atoms with Gasteiger partial charge >= 0.3 is 5.97 Å². The molecule has 1 saturated heterocycles. The highest BCUT2D eigenvalue weighted by atomic mass is 32.1. The Hall–Kier alpha value is -2.21. The molecule has 1 unspecified atom stereocenters. The lowest BCUT2D eigenvalue weighted by molar-refractivity contribution is -0.147. The lowest BCUT2D eigenvalue weighted by Gasteiger charge is -2.19. The van der Waals surface area contributed by atoms with E-state index in [0.717, 1.165) is 16.3 Å². The van der Waals surface area contributed by atoms with E-state index in [1.54, 1.807) is 11.8 Å². The number of carbonyl (C=O) groups excluding carboxylic acids is 1. The molecule has 1 fully saturated rings. The first-order chi connectivity index (χ1) is 11.0. The molecule has 6 heteroatoms. The Kier molecular flexibility index (Phi) is 4.17. The Morgan fingerprint density at radius 3 is 2.74 bits per heavy atom. The Bertz CT molecular complexity index is 728. The van der Waals surface area contributed by atoms with Gasteiger partial charge in [0.25, 0.3) is 0 Å². The van der Waals surface area contributed by atoms with Crippen molar-refractivity contribution >= 4 is 23.2 Å². The van der Waals surface area contributed by atoms with Crippen LogP contribution in [0, 0.1) is 5.41 Å². The van der Waals surface area contributed by atoms with Gasteiger partial charge in [-0.2, -0.15) is 0 Å². The Morgan fingerprint density at radius 2 is 2.09 bits per heavy atom. The third kappa shape index (κ3) is 3.27. The standard InChI is InChI=1S/C17H18N2O3S/c1-17(16(21)22)7-8-19(11-17)14(20)9-13-10-23-15(18-13)12-5-3-2-4-6-12/h2-6,10H,7-9,11H2,1H3,(H,21,22). The van der Waals surface area contributed by atoms with Crippen molar-refractivity contribution in [2.45, 2.75) is 19.8 Å². The van der Waals surface area contributed by atoms with Crippen LogP contribution in [0.25, 0.3) is 10.6 Å². The van der Waals surface area contributed by atoms with Crippen molar-refractivity contribution in [2.24, 2.45) is 5.41 Å². The maximum Gasteiger partial charge on any atom is 0.311 e. The number of rotatable bonds is 4. The smallest absolute Gasteiger partial charge is 0.311 e. The predicted molar refractivity (Wildman–Crippen MR) is 88.2 cm³/mol. The van der Waals surface area contributed by atoms with E-state index in [0.29, 0.717) is 13.0 Å². The lowest BCUT2D eigenvalue weighted by atomic mass is 9.90. The van der Waals surface area contributed by atoms with Crippen LogP contribution in [-0.4, -0.2) is 40.0 Å². The summed E-state index contributed by atoms with van der Waals surface area (Å²) < 4.78 is 0. The molecule has 5 nitrogen and oxygen atoms in total. The number of amides is 1. The summed E-state index contributed by atoms with van der Waals surface area (Å²) in [5.74, 6) is -0.896. The number of hydrogen-bond acceptors (Lipinski definition) is 4. The molecule has 2 heterocycles. The van der Waals surface area contributed by atoms with E-state index >= 15 is 0 Å². The van der Waals surface area contributed by atoms with Gasteiger partial charge in [0.05, 0.1) is 17.5 Å². The quantitative estimate of drug-likeness (QED) is 0.935. The number of carboxylic acids is 1. The monoisotopic (exact) mass is 330 g/mol. The van der Waals surface area contributed by atoms with Crippen LogP contribution in [0.3, 0.4) is 0 Å². The summed E-state index contributed by atoms with van der Waals surface area (Å²) in [5.41, 5.74) is 0.950. The van der Waals surface area contributed by atoms with Crippen molar-refractivity contribution in [3.8, 4) is 10.6 Å². The molecule has 0 aliphatic carbocycles. The summed E-state index contributed by atoms with van der Waals surface area (Å²) in [5, 5.41) is 12.0. The van der Waals surface area contributed by atoms with Crippen LogP contribution in [0.1, 0.15) is 19.0 Å². The third-order valence-electron chi connectivity index (χ3n) is 4.25. The van der Waals surface area contributed by atoms with E-state index in [-0.39, 0.29) is 18.9 Å². The number of nitrogens with zero attached hydrogens (tertiary/aromatic N) is 2. The molecule has 1 atom stereocenters. The Labute approximate surface area is 138 Å². The lowest BCUT2D eigenvalue weighted by Crippen LogP contribution is -2.35. The van der Waals surface area contributed by atoms with Crippen molar-refractivity contribution in [1.29, 1.82) is 0 Å². The molecule has 1 aliphatic heterocycles. The SMILES string of the molecule is CC1(C(=O)O)CCN(C(=O)Cc2csc(-c3ccccc3)n2)C1. The van der Waals surface area contributed by atoms with E-state index < -0.39 is 11.4 Å². The molecule has 1 N–H and O–H groups in total. The normalized spacial score (nSPS) is 20.7. The zero-order valence-corrected chi connectivity index (χ0v) is 13.7. The highest BCUT2D eigenvalue weighted by molar-refractivity contribution is 7.13. The van der Waals surface area contributed by atoms with E-state index in [1.165, 1.54) is 11.3 Å². The van der Waals surface area contributed by atoms with Crippen LogP contribution < -0.4 is 0 Å². The van der Waals surface area contributed by atoms with Gasteiger partial charge in [-0.15, -0.1) is 11.3 Å². The number of aromatic nitrogens is 1. The van der Waals surface area contributed by atoms with E-state index in [2.05, 4.69) is 4.98 Å². The minimum absolute atomic E-state index is 0.0557. The van der Waals surface area contributed by atoms with Crippen molar-refractivity contribution in [3.63, 3.8) is 0 Å². The average Bonchev–Trinajstić information content (AvgIpc) is 3.16. The first kappa shape index (κ1) is 15.7. The van der Waals surface area contributed by atoms with Crippen LogP contribution in [-0.2, 0) is 16.0 Å². The van der Waals surface area contributed by atoms with Crippen LogP contribution in [0.5, 0.6) is 0 Å². The molecule has 120 valence electrons. The van der Waals surface area contributed by atoms with Gasteiger partial charge in [-0.25, -0.2) is 4.98 Å². The number of aliphatic carboxylic acids is 1. The Balaban J connectivity index is 1.66. The van der Waals surface area contributed by atoms with Gasteiger partial charge in [0.1, 0.15) is 5.01 Å². The van der Waals surface area contributed by atoms with Gasteiger partial charge < -0.3 is 10.0 Å². The van der Waals surface area contributed by atoms with Gasteiger partial charge in [0.2, 0.25) is 5.91 Å². The van der Waals surface area contributed by atoms with Crippen molar-refractivity contribution in [1.82, 2.24) is 9.88 Å². The number of thiazole rings is 1. The van der Waals surface area contributed by atoms with Gasteiger partial charge in [-0.05, 0) is 13.3 Å². The number of benzene rings is 1. The maximum absolute atomic E-state index is 12.4. The van der Waals surface area contributed by atoms with Crippen LogP contribution in [0.2, 0.25) is 0 Å². The van der Waals surface area contributed by atoms with Gasteiger partial charge in [0, 0.05) is 24.0 Å². The molecule has 0 bridgehead atoms. The summed E-state index contributed by atoms with van der Waals surface area (Å²) in [6, 6.07) is 9.85. The Morgan fingerprint density at radius 1 is 1.35 bits per heavy atom. The average molecular weight is 330 g/mol. The number of carboxylic acid groups (broad SMARTS) is 1. The number of hydrogen-bond donors (Lipinski definition) is 1. The van der Waals surface area contributed by atoms with Gasteiger partial charge in [-0.1, -0.05) is 30.3 Å². The largest absolute Gasteiger partial charge is 0.481 e. The first-order valence-electron chi connectivity index (χ1n) is 7.49. The van der Waals surface area contributed by atoms with Crippen LogP contribution in [0.4, 0.5) is 0 Å². The summed E-state index contributed by atoms with van der Waals surface area (Å²) >= 11 is 1.52. The fourth-order valence-electron chi connectivity index (χ4n) is 2.72. The molecule has 0 saturated carbocycles. The summed E-state index contributed by atoms with van der Waals surface area (Å²) in [6.07, 6.45) is 0.722.